The number of nitrogens with one attached hydrogen (secondary N) is 1. The number of carbonyl (C=O) groups excluding carboxylic acids is 3. The Morgan fingerprint density at radius 1 is 1.30 bits per heavy atom. The van der Waals surface area contributed by atoms with E-state index in [-0.39, 0.29) is 33.2 Å². The lowest BCUT2D eigenvalue weighted by molar-refractivity contribution is -0.161. The summed E-state index contributed by atoms with van der Waals surface area (Å²) >= 11 is 12.3. The fourth-order valence-electron chi connectivity index (χ4n) is 2.34. The average Bonchev–Trinajstić information content (AvgIpc) is 2.54. The van der Waals surface area contributed by atoms with Crippen LogP contribution >= 0.6 is 23.2 Å². The van der Waals surface area contributed by atoms with Gasteiger partial charge in [0.1, 0.15) is 11.3 Å². The van der Waals surface area contributed by atoms with Gasteiger partial charge in [-0.3, -0.25) is 9.59 Å². The number of hydrogen-bond acceptors (Lipinski definition) is 6. The summed E-state index contributed by atoms with van der Waals surface area (Å²) in [5.74, 6) is -1.75. The third-order valence-electron chi connectivity index (χ3n) is 3.62. The predicted octanol–water partition coefficient (Wildman–Crippen LogP) is 2.71. The molecule has 1 aromatic rings. The molecule has 1 amide bonds. The Hall–Kier alpha value is -1.93. The maximum absolute atomic E-state index is 12.5. The Kier molecular flexibility index (Phi) is 6.65. The summed E-state index contributed by atoms with van der Waals surface area (Å²) in [7, 11) is 1.39. The quantitative estimate of drug-likeness (QED) is 0.462. The molecule has 1 atom stereocenters. The van der Waals surface area contributed by atoms with E-state index in [0.717, 1.165) is 0 Å². The Morgan fingerprint density at radius 3 is 2.56 bits per heavy atom. The number of fused-ring (bicyclic) bond motifs is 1. The van der Waals surface area contributed by atoms with Crippen molar-refractivity contribution in [3.05, 3.63) is 27.2 Å². The van der Waals surface area contributed by atoms with Crippen molar-refractivity contribution < 1.29 is 28.5 Å². The normalized spacial score (nSPS) is 15.7. The second kappa shape index (κ2) is 8.40. The highest BCUT2D eigenvalue weighted by Crippen LogP contribution is 2.39. The zero-order valence-electron chi connectivity index (χ0n) is 15.4. The highest BCUT2D eigenvalue weighted by molar-refractivity contribution is 6.44. The number of ether oxygens (including phenoxy) is 2. The van der Waals surface area contributed by atoms with E-state index in [4.69, 9.17) is 37.3 Å². The van der Waals surface area contributed by atoms with Gasteiger partial charge < -0.3 is 19.4 Å². The molecule has 1 aliphatic rings. The SMILES string of the molecule is CC(=O)N[C@@H]1[B]Oc2c(cc(Cl)c(Cl)c2C(=O)OCOC(=O)C(C)(C)C)C1. The second-order valence-electron chi connectivity index (χ2n) is 7.03. The van der Waals surface area contributed by atoms with Crippen molar-refractivity contribution in [3.8, 4) is 5.75 Å². The standard InChI is InChI=1S/C17H19BCl2NO6/c1-8(22)21-11-6-9-5-10(19)13(20)12(14(9)27-18-11)15(23)25-7-26-16(24)17(2,3)4/h5,11H,6-7H2,1-4H3,(H,21,22)/t11-/m0/s1. The number of hydrogen-bond donors (Lipinski definition) is 1. The molecule has 0 aliphatic carbocycles. The summed E-state index contributed by atoms with van der Waals surface area (Å²) in [5, 5.41) is 2.80. The van der Waals surface area contributed by atoms with Crippen molar-refractivity contribution in [2.45, 2.75) is 40.1 Å². The lowest BCUT2D eigenvalue weighted by Crippen LogP contribution is -2.44. The van der Waals surface area contributed by atoms with Crippen molar-refractivity contribution in [2.75, 3.05) is 6.79 Å². The van der Waals surface area contributed by atoms with E-state index in [9.17, 15) is 14.4 Å². The highest BCUT2D eigenvalue weighted by atomic mass is 35.5. The average molecular weight is 415 g/mol. The van der Waals surface area contributed by atoms with Crippen LogP contribution in [0.25, 0.3) is 0 Å². The zero-order valence-corrected chi connectivity index (χ0v) is 16.9. The molecule has 0 bridgehead atoms. The van der Waals surface area contributed by atoms with E-state index in [1.807, 2.05) is 0 Å². The third kappa shape index (κ3) is 5.29. The first-order chi connectivity index (χ1) is 12.5. The molecule has 27 heavy (non-hydrogen) atoms. The molecular weight excluding hydrogens is 396 g/mol. The van der Waals surface area contributed by atoms with Crippen LogP contribution in [0.2, 0.25) is 10.0 Å². The summed E-state index contributed by atoms with van der Waals surface area (Å²) in [6, 6.07) is 1.57. The topological polar surface area (TPSA) is 90.9 Å². The van der Waals surface area contributed by atoms with Gasteiger partial charge in [-0.05, 0) is 38.8 Å². The van der Waals surface area contributed by atoms with E-state index in [2.05, 4.69) is 5.32 Å². The fourth-order valence-corrected chi connectivity index (χ4v) is 2.78. The smallest absolute Gasteiger partial charge is 0.394 e. The van der Waals surface area contributed by atoms with Gasteiger partial charge >= 0.3 is 19.4 Å². The maximum Gasteiger partial charge on any atom is 0.394 e. The molecule has 2 rings (SSSR count). The van der Waals surface area contributed by atoms with Crippen molar-refractivity contribution in [1.82, 2.24) is 5.32 Å². The molecular formula is C17H19BCl2NO6. The molecule has 0 spiro atoms. The first kappa shape index (κ1) is 21.4. The molecule has 1 N–H and O–H groups in total. The van der Waals surface area contributed by atoms with Gasteiger partial charge in [-0.25, -0.2) is 4.79 Å². The number of carbonyl (C=O) groups is 3. The lowest BCUT2D eigenvalue weighted by atomic mass is 9.79. The van der Waals surface area contributed by atoms with E-state index in [0.29, 0.717) is 12.0 Å². The van der Waals surface area contributed by atoms with Crippen LogP contribution in [0, 0.1) is 5.41 Å². The van der Waals surface area contributed by atoms with E-state index in [1.165, 1.54) is 14.4 Å². The summed E-state index contributed by atoms with van der Waals surface area (Å²) in [6.45, 7) is 5.86. The van der Waals surface area contributed by atoms with Gasteiger partial charge in [-0.15, -0.1) is 0 Å². The molecule has 145 valence electrons. The van der Waals surface area contributed by atoms with Crippen LogP contribution in [0.15, 0.2) is 6.07 Å². The molecule has 10 heteroatoms. The minimum Gasteiger partial charge on any atom is -0.560 e. The number of rotatable bonds is 4. The summed E-state index contributed by atoms with van der Waals surface area (Å²) in [5.41, 5.74) is -0.205. The maximum atomic E-state index is 12.5. The van der Waals surface area contributed by atoms with Gasteiger partial charge in [0, 0.05) is 12.9 Å². The zero-order chi connectivity index (χ0) is 20.4. The van der Waals surface area contributed by atoms with E-state index < -0.39 is 24.1 Å². The van der Waals surface area contributed by atoms with Crippen molar-refractivity contribution in [2.24, 2.45) is 5.41 Å². The van der Waals surface area contributed by atoms with Crippen LogP contribution in [0.3, 0.4) is 0 Å². The van der Waals surface area contributed by atoms with Crippen LogP contribution in [0.4, 0.5) is 0 Å². The van der Waals surface area contributed by atoms with Crippen LogP contribution < -0.4 is 9.97 Å². The Morgan fingerprint density at radius 2 is 1.96 bits per heavy atom. The van der Waals surface area contributed by atoms with Crippen LogP contribution in [-0.4, -0.2) is 38.1 Å². The predicted molar refractivity (Wildman–Crippen MR) is 100.0 cm³/mol. The van der Waals surface area contributed by atoms with Crippen molar-refractivity contribution in [1.29, 1.82) is 0 Å². The van der Waals surface area contributed by atoms with Gasteiger partial charge in [0.25, 0.3) is 0 Å². The molecule has 0 fully saturated rings. The fraction of sp³-hybridized carbons (Fsp3) is 0.471. The number of amides is 1. The monoisotopic (exact) mass is 414 g/mol. The van der Waals surface area contributed by atoms with E-state index in [1.54, 1.807) is 26.8 Å². The Labute approximate surface area is 167 Å². The summed E-state index contributed by atoms with van der Waals surface area (Å²) < 4.78 is 15.4. The van der Waals surface area contributed by atoms with Crippen LogP contribution in [0.1, 0.15) is 43.6 Å². The number of esters is 2. The molecule has 1 radical (unpaired) electrons. The number of halogens is 2. The van der Waals surface area contributed by atoms with Gasteiger partial charge in [0.2, 0.25) is 12.7 Å². The molecule has 0 aromatic heterocycles. The first-order valence-corrected chi connectivity index (χ1v) is 8.88. The van der Waals surface area contributed by atoms with E-state index >= 15 is 0 Å². The Balaban J connectivity index is 2.17. The summed E-state index contributed by atoms with van der Waals surface area (Å²) in [4.78, 5) is 35.4. The molecule has 1 aliphatic heterocycles. The first-order valence-electron chi connectivity index (χ1n) is 8.13. The molecule has 0 unspecified atom stereocenters. The van der Waals surface area contributed by atoms with Gasteiger partial charge in [0.05, 0.1) is 15.5 Å². The van der Waals surface area contributed by atoms with Crippen LogP contribution in [0.5, 0.6) is 5.75 Å². The van der Waals surface area contributed by atoms with Crippen molar-refractivity contribution in [3.63, 3.8) is 0 Å². The third-order valence-corrected chi connectivity index (χ3v) is 4.41. The Bertz CT molecular complexity index is 778. The number of benzene rings is 1. The lowest BCUT2D eigenvalue weighted by Gasteiger charge is -2.27. The second-order valence-corrected chi connectivity index (χ2v) is 7.82. The molecule has 1 heterocycles. The molecule has 0 saturated carbocycles. The van der Waals surface area contributed by atoms with Crippen molar-refractivity contribution >= 4 is 48.5 Å². The van der Waals surface area contributed by atoms with Crippen LogP contribution in [-0.2, 0) is 25.5 Å². The van der Waals surface area contributed by atoms with Gasteiger partial charge in [0.15, 0.2) is 0 Å². The largest absolute Gasteiger partial charge is 0.560 e. The molecule has 7 nitrogen and oxygen atoms in total. The molecule has 0 saturated heterocycles. The summed E-state index contributed by atoms with van der Waals surface area (Å²) in [6.07, 6.45) is 0.366. The van der Waals surface area contributed by atoms with Gasteiger partial charge in [-0.2, -0.15) is 0 Å². The molecule has 1 aromatic carbocycles. The minimum absolute atomic E-state index is 0.0334. The minimum atomic E-state index is -0.841. The van der Waals surface area contributed by atoms with Gasteiger partial charge in [-0.1, -0.05) is 23.2 Å². The highest BCUT2D eigenvalue weighted by Gasteiger charge is 2.31.